The van der Waals surface area contributed by atoms with Gasteiger partial charge in [-0.05, 0) is 123 Å². The molecular formula is C44H34O. The molecule has 0 amide bonds. The Bertz CT molecular complexity index is 2450. The van der Waals surface area contributed by atoms with Crippen LogP contribution in [-0.4, -0.2) is 0 Å². The van der Waals surface area contributed by atoms with E-state index in [1.54, 1.807) is 0 Å². The van der Waals surface area contributed by atoms with Crippen molar-refractivity contribution in [2.24, 2.45) is 0 Å². The van der Waals surface area contributed by atoms with Crippen molar-refractivity contribution >= 4 is 43.1 Å². The maximum absolute atomic E-state index is 6.60. The van der Waals surface area contributed by atoms with E-state index in [1.165, 1.54) is 82.2 Å². The first-order valence-electron chi connectivity index (χ1n) is 15.7. The summed E-state index contributed by atoms with van der Waals surface area (Å²) in [6, 6.07) is 48.4. The molecule has 0 fully saturated rings. The standard InChI is InChI=1S/C44H34O/c1-27-17-21-35-31(25-27)11-6-12-38(35)43-29(3)18-22-36-39(43)13-7-14-40(36)44-30(4)19-23-37-41(44)15-8-16-42(37)45-33-20-24-34-28(2)9-5-10-32(34)26-33/h5-26H,1-4H3. The molecule has 0 aliphatic carbocycles. The molecule has 0 aromatic heterocycles. The van der Waals surface area contributed by atoms with Crippen molar-refractivity contribution in [3.63, 3.8) is 0 Å². The summed E-state index contributed by atoms with van der Waals surface area (Å²) in [6.45, 7) is 8.76. The maximum atomic E-state index is 6.60. The molecule has 0 bridgehead atoms. The summed E-state index contributed by atoms with van der Waals surface area (Å²) in [4.78, 5) is 0. The highest BCUT2D eigenvalue weighted by Gasteiger charge is 2.17. The van der Waals surface area contributed by atoms with Gasteiger partial charge in [-0.15, -0.1) is 0 Å². The van der Waals surface area contributed by atoms with Crippen molar-refractivity contribution in [1.29, 1.82) is 0 Å². The van der Waals surface area contributed by atoms with E-state index in [2.05, 4.69) is 161 Å². The van der Waals surface area contributed by atoms with Gasteiger partial charge in [-0.1, -0.05) is 121 Å². The Kier molecular flexibility index (Phi) is 6.43. The van der Waals surface area contributed by atoms with Crippen LogP contribution in [0.2, 0.25) is 0 Å². The van der Waals surface area contributed by atoms with E-state index in [4.69, 9.17) is 4.74 Å². The zero-order valence-corrected chi connectivity index (χ0v) is 26.1. The summed E-state index contributed by atoms with van der Waals surface area (Å²) in [5.74, 6) is 1.71. The van der Waals surface area contributed by atoms with E-state index in [0.29, 0.717) is 0 Å². The highest BCUT2D eigenvalue weighted by Crippen LogP contribution is 2.43. The molecule has 0 atom stereocenters. The summed E-state index contributed by atoms with van der Waals surface area (Å²) < 4.78 is 6.60. The molecule has 1 nitrogen and oxygen atoms in total. The highest BCUT2D eigenvalue weighted by atomic mass is 16.5. The van der Waals surface area contributed by atoms with Crippen molar-refractivity contribution in [3.05, 3.63) is 156 Å². The van der Waals surface area contributed by atoms with E-state index < -0.39 is 0 Å². The predicted octanol–water partition coefficient (Wildman–Crippen LogP) is 12.7. The molecule has 8 aromatic carbocycles. The fourth-order valence-corrected chi connectivity index (χ4v) is 7.16. The van der Waals surface area contributed by atoms with Crippen LogP contribution in [0.5, 0.6) is 11.5 Å². The SMILES string of the molecule is Cc1ccc2c(-c3c(C)ccc4c(-c5c(C)ccc6c(Oc7ccc8c(C)cccc8c7)cccc56)cccc34)cccc2c1. The minimum absolute atomic E-state index is 0.846. The molecule has 0 aliphatic rings. The Morgan fingerprint density at radius 2 is 0.956 bits per heavy atom. The van der Waals surface area contributed by atoms with Gasteiger partial charge in [0.05, 0.1) is 0 Å². The largest absolute Gasteiger partial charge is 0.457 e. The van der Waals surface area contributed by atoms with Gasteiger partial charge in [-0.3, -0.25) is 0 Å². The molecule has 8 rings (SSSR count). The number of aryl methyl sites for hydroxylation is 4. The van der Waals surface area contributed by atoms with Gasteiger partial charge in [0.2, 0.25) is 0 Å². The normalized spacial score (nSPS) is 11.6. The molecule has 0 spiro atoms. The van der Waals surface area contributed by atoms with Gasteiger partial charge in [-0.2, -0.15) is 0 Å². The molecule has 0 N–H and O–H groups in total. The van der Waals surface area contributed by atoms with Crippen LogP contribution in [0.4, 0.5) is 0 Å². The Labute approximate surface area is 264 Å². The summed E-state index contributed by atoms with van der Waals surface area (Å²) >= 11 is 0. The van der Waals surface area contributed by atoms with Gasteiger partial charge in [0.25, 0.3) is 0 Å². The molecule has 0 saturated carbocycles. The molecule has 0 radical (unpaired) electrons. The van der Waals surface area contributed by atoms with Crippen LogP contribution in [0.3, 0.4) is 0 Å². The lowest BCUT2D eigenvalue weighted by Crippen LogP contribution is -1.93. The van der Waals surface area contributed by atoms with Crippen LogP contribution in [-0.2, 0) is 0 Å². The quantitative estimate of drug-likeness (QED) is 0.202. The molecule has 0 aliphatic heterocycles. The van der Waals surface area contributed by atoms with Gasteiger partial charge in [0.1, 0.15) is 11.5 Å². The van der Waals surface area contributed by atoms with E-state index >= 15 is 0 Å². The van der Waals surface area contributed by atoms with Gasteiger partial charge in [-0.25, -0.2) is 0 Å². The number of benzene rings is 8. The molecule has 0 unspecified atom stereocenters. The second-order valence-corrected chi connectivity index (χ2v) is 12.4. The van der Waals surface area contributed by atoms with Crippen molar-refractivity contribution in [2.75, 3.05) is 0 Å². The fourth-order valence-electron chi connectivity index (χ4n) is 7.16. The van der Waals surface area contributed by atoms with Crippen LogP contribution < -0.4 is 4.74 Å². The topological polar surface area (TPSA) is 9.23 Å². The smallest absolute Gasteiger partial charge is 0.135 e. The Balaban J connectivity index is 1.31. The number of hydrogen-bond donors (Lipinski definition) is 0. The van der Waals surface area contributed by atoms with E-state index in [0.717, 1.165) is 16.9 Å². The first-order valence-corrected chi connectivity index (χ1v) is 15.7. The van der Waals surface area contributed by atoms with Crippen molar-refractivity contribution in [2.45, 2.75) is 27.7 Å². The molecule has 1 heteroatoms. The Morgan fingerprint density at radius 3 is 1.73 bits per heavy atom. The first-order chi connectivity index (χ1) is 22.0. The van der Waals surface area contributed by atoms with Gasteiger partial charge >= 0.3 is 0 Å². The van der Waals surface area contributed by atoms with Crippen LogP contribution >= 0.6 is 0 Å². The number of rotatable bonds is 4. The summed E-state index contributed by atoms with van der Waals surface area (Å²) in [6.07, 6.45) is 0. The minimum Gasteiger partial charge on any atom is -0.457 e. The number of fused-ring (bicyclic) bond motifs is 4. The van der Waals surface area contributed by atoms with Crippen LogP contribution in [0.25, 0.3) is 65.3 Å². The van der Waals surface area contributed by atoms with Crippen molar-refractivity contribution in [3.8, 4) is 33.8 Å². The second kappa shape index (κ2) is 10.6. The lowest BCUT2D eigenvalue weighted by atomic mass is 9.86. The molecule has 45 heavy (non-hydrogen) atoms. The van der Waals surface area contributed by atoms with Crippen LogP contribution in [0, 0.1) is 27.7 Å². The summed E-state index contributed by atoms with van der Waals surface area (Å²) in [5, 5.41) is 9.84. The van der Waals surface area contributed by atoms with E-state index in [-0.39, 0.29) is 0 Å². The molecule has 8 aromatic rings. The van der Waals surface area contributed by atoms with Gasteiger partial charge in [0, 0.05) is 5.39 Å². The maximum Gasteiger partial charge on any atom is 0.135 e. The number of ether oxygens (including phenoxy) is 1. The summed E-state index contributed by atoms with van der Waals surface area (Å²) in [7, 11) is 0. The Hall–Kier alpha value is -5.40. The van der Waals surface area contributed by atoms with Gasteiger partial charge in [0.15, 0.2) is 0 Å². The average molecular weight is 579 g/mol. The predicted molar refractivity (Wildman–Crippen MR) is 193 cm³/mol. The summed E-state index contributed by atoms with van der Waals surface area (Å²) in [5.41, 5.74) is 10.2. The minimum atomic E-state index is 0.846. The lowest BCUT2D eigenvalue weighted by Gasteiger charge is -2.18. The number of hydrogen-bond acceptors (Lipinski definition) is 1. The van der Waals surface area contributed by atoms with E-state index in [9.17, 15) is 0 Å². The average Bonchev–Trinajstić information content (AvgIpc) is 3.04. The van der Waals surface area contributed by atoms with Crippen LogP contribution in [0.15, 0.2) is 133 Å². The third-order valence-electron chi connectivity index (χ3n) is 9.37. The van der Waals surface area contributed by atoms with Crippen molar-refractivity contribution in [1.82, 2.24) is 0 Å². The molecule has 0 heterocycles. The fraction of sp³-hybridized carbons (Fsp3) is 0.0909. The molecule has 0 saturated heterocycles. The third-order valence-corrected chi connectivity index (χ3v) is 9.37. The van der Waals surface area contributed by atoms with Gasteiger partial charge < -0.3 is 4.74 Å². The molecule has 216 valence electrons. The molecular weight excluding hydrogens is 544 g/mol. The lowest BCUT2D eigenvalue weighted by molar-refractivity contribution is 0.489. The van der Waals surface area contributed by atoms with Crippen molar-refractivity contribution < 1.29 is 4.74 Å². The highest BCUT2D eigenvalue weighted by molar-refractivity contribution is 6.13. The zero-order valence-electron chi connectivity index (χ0n) is 26.1. The second-order valence-electron chi connectivity index (χ2n) is 12.4. The first kappa shape index (κ1) is 27.2. The zero-order chi connectivity index (χ0) is 30.7. The third kappa shape index (κ3) is 4.55. The monoisotopic (exact) mass is 578 g/mol. The van der Waals surface area contributed by atoms with Crippen LogP contribution in [0.1, 0.15) is 22.3 Å². The Morgan fingerprint density at radius 1 is 0.378 bits per heavy atom. The van der Waals surface area contributed by atoms with E-state index in [1.807, 2.05) is 0 Å².